The van der Waals surface area contributed by atoms with Crippen LogP contribution in [0.15, 0.2) is 12.3 Å². The summed E-state index contributed by atoms with van der Waals surface area (Å²) in [7, 11) is 3.47. The maximum atomic E-state index is 13.0. The third kappa shape index (κ3) is 1.71. The minimum Gasteiger partial charge on any atom is -0.390 e. The van der Waals surface area contributed by atoms with Crippen LogP contribution in [-0.2, 0) is 6.61 Å². The van der Waals surface area contributed by atoms with Crippen molar-refractivity contribution in [3.63, 3.8) is 0 Å². The number of pyridine rings is 1. The van der Waals surface area contributed by atoms with E-state index in [1.807, 2.05) is 0 Å². The van der Waals surface area contributed by atoms with E-state index in [2.05, 4.69) is 4.98 Å². The van der Waals surface area contributed by atoms with E-state index in [4.69, 9.17) is 5.11 Å². The SMILES string of the molecule is CN(C)c1cc(CO)ncc1F. The Labute approximate surface area is 70.5 Å². The zero-order valence-corrected chi connectivity index (χ0v) is 7.08. The Morgan fingerprint density at radius 3 is 2.75 bits per heavy atom. The zero-order chi connectivity index (χ0) is 9.14. The molecule has 1 heterocycles. The van der Waals surface area contributed by atoms with Crippen molar-refractivity contribution >= 4 is 5.69 Å². The molecule has 0 amide bonds. The molecule has 0 fully saturated rings. The summed E-state index contributed by atoms with van der Waals surface area (Å²) in [5, 5.41) is 8.73. The Bertz CT molecular complexity index is 276. The third-order valence-corrected chi connectivity index (χ3v) is 1.54. The Hall–Kier alpha value is -1.16. The van der Waals surface area contributed by atoms with Crippen LogP contribution >= 0.6 is 0 Å². The van der Waals surface area contributed by atoms with Gasteiger partial charge in [-0.2, -0.15) is 0 Å². The lowest BCUT2D eigenvalue weighted by Gasteiger charge is -2.13. The molecular weight excluding hydrogens is 159 g/mol. The van der Waals surface area contributed by atoms with E-state index in [1.165, 1.54) is 6.07 Å². The average molecular weight is 170 g/mol. The quantitative estimate of drug-likeness (QED) is 0.712. The smallest absolute Gasteiger partial charge is 0.164 e. The molecule has 0 unspecified atom stereocenters. The lowest BCUT2D eigenvalue weighted by atomic mass is 10.3. The molecule has 4 heteroatoms. The standard InChI is InChI=1S/C8H11FN2O/c1-11(2)8-3-6(5-12)10-4-7(8)9/h3-4,12H,5H2,1-2H3. The first-order valence-electron chi connectivity index (χ1n) is 3.57. The van der Waals surface area contributed by atoms with Gasteiger partial charge < -0.3 is 10.0 Å². The van der Waals surface area contributed by atoms with Crippen LogP contribution in [0.25, 0.3) is 0 Å². The second kappa shape index (κ2) is 3.49. The first-order valence-corrected chi connectivity index (χ1v) is 3.57. The number of halogens is 1. The molecule has 0 saturated carbocycles. The van der Waals surface area contributed by atoms with Crippen molar-refractivity contribution in [3.8, 4) is 0 Å². The van der Waals surface area contributed by atoms with Crippen LogP contribution in [0.4, 0.5) is 10.1 Å². The predicted molar refractivity (Wildman–Crippen MR) is 44.4 cm³/mol. The highest BCUT2D eigenvalue weighted by molar-refractivity contribution is 5.46. The average Bonchev–Trinajstić information content (AvgIpc) is 2.05. The highest BCUT2D eigenvalue weighted by Crippen LogP contribution is 2.16. The van der Waals surface area contributed by atoms with Crippen molar-refractivity contribution in [3.05, 3.63) is 23.8 Å². The predicted octanol–water partition coefficient (Wildman–Crippen LogP) is 0.779. The molecule has 0 bridgehead atoms. The molecule has 0 aliphatic rings. The molecule has 0 radical (unpaired) electrons. The van der Waals surface area contributed by atoms with Gasteiger partial charge in [-0.05, 0) is 6.07 Å². The second-order valence-corrected chi connectivity index (χ2v) is 2.68. The number of aliphatic hydroxyl groups is 1. The minimum atomic E-state index is -0.378. The summed E-state index contributed by atoms with van der Waals surface area (Å²) in [5.74, 6) is -0.378. The Morgan fingerprint density at radius 2 is 2.25 bits per heavy atom. The summed E-state index contributed by atoms with van der Waals surface area (Å²) in [6, 6.07) is 1.52. The van der Waals surface area contributed by atoms with Crippen LogP contribution in [0.1, 0.15) is 5.69 Å². The number of aliphatic hydroxyl groups excluding tert-OH is 1. The van der Waals surface area contributed by atoms with Crippen molar-refractivity contribution in [2.45, 2.75) is 6.61 Å². The van der Waals surface area contributed by atoms with E-state index in [0.717, 1.165) is 6.20 Å². The van der Waals surface area contributed by atoms with Gasteiger partial charge in [0.2, 0.25) is 0 Å². The molecular formula is C8H11FN2O. The maximum Gasteiger partial charge on any atom is 0.164 e. The number of aromatic nitrogens is 1. The molecule has 1 aromatic rings. The summed E-state index contributed by atoms with van der Waals surface area (Å²) < 4.78 is 13.0. The number of hydrogen-bond donors (Lipinski definition) is 1. The molecule has 0 aliphatic heterocycles. The molecule has 12 heavy (non-hydrogen) atoms. The van der Waals surface area contributed by atoms with Crippen LogP contribution in [0, 0.1) is 5.82 Å². The Balaban J connectivity index is 3.08. The van der Waals surface area contributed by atoms with E-state index in [1.54, 1.807) is 19.0 Å². The summed E-state index contributed by atoms with van der Waals surface area (Å²) in [6.45, 7) is -0.166. The summed E-state index contributed by atoms with van der Waals surface area (Å²) in [4.78, 5) is 5.32. The Kier molecular flexibility index (Phi) is 2.60. The van der Waals surface area contributed by atoms with Gasteiger partial charge in [0.15, 0.2) is 5.82 Å². The highest BCUT2D eigenvalue weighted by Gasteiger charge is 2.05. The van der Waals surface area contributed by atoms with E-state index >= 15 is 0 Å². The van der Waals surface area contributed by atoms with Gasteiger partial charge in [0.25, 0.3) is 0 Å². The molecule has 1 aromatic heterocycles. The number of hydrogen-bond acceptors (Lipinski definition) is 3. The molecule has 66 valence electrons. The highest BCUT2D eigenvalue weighted by atomic mass is 19.1. The molecule has 0 aliphatic carbocycles. The van der Waals surface area contributed by atoms with Crippen LogP contribution in [-0.4, -0.2) is 24.2 Å². The van der Waals surface area contributed by atoms with Crippen molar-refractivity contribution in [2.75, 3.05) is 19.0 Å². The molecule has 1 rings (SSSR count). The maximum absolute atomic E-state index is 13.0. The van der Waals surface area contributed by atoms with Crippen LogP contribution < -0.4 is 4.90 Å². The van der Waals surface area contributed by atoms with Crippen LogP contribution in [0.2, 0.25) is 0 Å². The lowest BCUT2D eigenvalue weighted by molar-refractivity contribution is 0.276. The molecule has 0 aromatic carbocycles. The van der Waals surface area contributed by atoms with Crippen LogP contribution in [0.5, 0.6) is 0 Å². The minimum absolute atomic E-state index is 0.166. The van der Waals surface area contributed by atoms with Gasteiger partial charge in [-0.3, -0.25) is 4.98 Å². The normalized spacial score (nSPS) is 10.0. The summed E-state index contributed by atoms with van der Waals surface area (Å²) in [5.41, 5.74) is 0.911. The summed E-state index contributed by atoms with van der Waals surface area (Å²) >= 11 is 0. The Morgan fingerprint density at radius 1 is 1.58 bits per heavy atom. The number of nitrogens with zero attached hydrogens (tertiary/aromatic N) is 2. The molecule has 0 saturated heterocycles. The van der Waals surface area contributed by atoms with Crippen molar-refractivity contribution < 1.29 is 9.50 Å². The molecule has 3 nitrogen and oxygen atoms in total. The number of anilines is 1. The fourth-order valence-electron chi connectivity index (χ4n) is 0.899. The first kappa shape index (κ1) is 8.93. The van der Waals surface area contributed by atoms with Crippen molar-refractivity contribution in [1.29, 1.82) is 0 Å². The summed E-state index contributed by atoms with van der Waals surface area (Å²) in [6.07, 6.45) is 1.11. The zero-order valence-electron chi connectivity index (χ0n) is 7.08. The van der Waals surface area contributed by atoms with Gasteiger partial charge in [-0.25, -0.2) is 4.39 Å². The molecule has 0 atom stereocenters. The fraction of sp³-hybridized carbons (Fsp3) is 0.375. The van der Waals surface area contributed by atoms with Gasteiger partial charge in [0, 0.05) is 14.1 Å². The lowest BCUT2D eigenvalue weighted by Crippen LogP contribution is -2.11. The number of rotatable bonds is 2. The first-order chi connectivity index (χ1) is 5.65. The molecule has 1 N–H and O–H groups in total. The van der Waals surface area contributed by atoms with Crippen LogP contribution in [0.3, 0.4) is 0 Å². The topological polar surface area (TPSA) is 36.4 Å². The van der Waals surface area contributed by atoms with Crippen molar-refractivity contribution in [2.24, 2.45) is 0 Å². The van der Waals surface area contributed by atoms with Crippen molar-refractivity contribution in [1.82, 2.24) is 4.98 Å². The third-order valence-electron chi connectivity index (χ3n) is 1.54. The van der Waals surface area contributed by atoms with Gasteiger partial charge >= 0.3 is 0 Å². The van der Waals surface area contributed by atoms with E-state index in [-0.39, 0.29) is 12.4 Å². The monoisotopic (exact) mass is 170 g/mol. The van der Waals surface area contributed by atoms with Gasteiger partial charge in [-0.1, -0.05) is 0 Å². The van der Waals surface area contributed by atoms with E-state index < -0.39 is 0 Å². The van der Waals surface area contributed by atoms with Gasteiger partial charge in [0.1, 0.15) is 0 Å². The van der Waals surface area contributed by atoms with E-state index in [9.17, 15) is 4.39 Å². The largest absolute Gasteiger partial charge is 0.390 e. The molecule has 0 spiro atoms. The second-order valence-electron chi connectivity index (χ2n) is 2.68. The van der Waals surface area contributed by atoms with Gasteiger partial charge in [0.05, 0.1) is 24.2 Å². The fourth-order valence-corrected chi connectivity index (χ4v) is 0.899. The van der Waals surface area contributed by atoms with E-state index in [0.29, 0.717) is 11.4 Å². The van der Waals surface area contributed by atoms with Gasteiger partial charge in [-0.15, -0.1) is 0 Å².